The van der Waals surface area contributed by atoms with Crippen LogP contribution in [-0.4, -0.2) is 29.9 Å². The summed E-state index contributed by atoms with van der Waals surface area (Å²) in [5, 5.41) is 0. The van der Waals surface area contributed by atoms with Crippen molar-refractivity contribution in [1.29, 1.82) is 0 Å². The Balaban J connectivity index is 2.40. The minimum absolute atomic E-state index is 0.0463. The summed E-state index contributed by atoms with van der Waals surface area (Å²) in [6, 6.07) is 0.0463. The van der Waals surface area contributed by atoms with E-state index in [-0.39, 0.29) is 11.9 Å². The first-order valence-electron chi connectivity index (χ1n) is 6.56. The molecule has 1 aliphatic heterocycles. The van der Waals surface area contributed by atoms with Crippen LogP contribution in [0, 0.1) is 11.8 Å². The van der Waals surface area contributed by atoms with Crippen LogP contribution in [0.2, 0.25) is 0 Å². The Hall–Kier alpha value is -0.570. The van der Waals surface area contributed by atoms with E-state index in [9.17, 15) is 4.79 Å². The molecule has 16 heavy (non-hydrogen) atoms. The first-order chi connectivity index (χ1) is 7.52. The topological polar surface area (TPSA) is 46.3 Å². The lowest BCUT2D eigenvalue weighted by Gasteiger charge is -2.35. The maximum Gasteiger partial charge on any atom is 0.224 e. The maximum atomic E-state index is 12.0. The number of amides is 1. The van der Waals surface area contributed by atoms with Gasteiger partial charge in [-0.3, -0.25) is 4.79 Å². The van der Waals surface area contributed by atoms with Crippen molar-refractivity contribution in [2.45, 2.75) is 52.5 Å². The third-order valence-corrected chi connectivity index (χ3v) is 3.32. The summed E-state index contributed by atoms with van der Waals surface area (Å²) in [4.78, 5) is 14.0. The van der Waals surface area contributed by atoms with Crippen LogP contribution in [-0.2, 0) is 4.79 Å². The van der Waals surface area contributed by atoms with Crippen molar-refractivity contribution in [3.05, 3.63) is 0 Å². The van der Waals surface area contributed by atoms with Gasteiger partial charge in [0.05, 0.1) is 0 Å². The molecule has 0 saturated carbocycles. The molecule has 0 aromatic carbocycles. The molecule has 3 unspecified atom stereocenters. The number of nitrogens with zero attached hydrogens (tertiary/aromatic N) is 1. The number of hydrogen-bond donors (Lipinski definition) is 1. The number of carbonyl (C=O) groups is 1. The van der Waals surface area contributed by atoms with Gasteiger partial charge >= 0.3 is 0 Å². The average Bonchev–Trinajstić information content (AvgIpc) is 2.16. The number of hydrogen-bond acceptors (Lipinski definition) is 2. The zero-order valence-corrected chi connectivity index (χ0v) is 10.9. The van der Waals surface area contributed by atoms with E-state index in [0.29, 0.717) is 18.3 Å². The molecule has 1 fully saturated rings. The molecule has 0 aliphatic carbocycles. The SMILES string of the molecule is CCCC(N)CC(=O)N1CC(C)CC(C)C1. The van der Waals surface area contributed by atoms with Crippen LogP contribution in [0.3, 0.4) is 0 Å². The lowest BCUT2D eigenvalue weighted by molar-refractivity contribution is -0.134. The summed E-state index contributed by atoms with van der Waals surface area (Å²) >= 11 is 0. The Bertz CT molecular complexity index is 220. The van der Waals surface area contributed by atoms with Crippen molar-refractivity contribution in [1.82, 2.24) is 4.90 Å². The van der Waals surface area contributed by atoms with E-state index in [4.69, 9.17) is 5.73 Å². The predicted molar refractivity (Wildman–Crippen MR) is 67.0 cm³/mol. The third-order valence-electron chi connectivity index (χ3n) is 3.32. The van der Waals surface area contributed by atoms with E-state index in [1.807, 2.05) is 4.90 Å². The molecule has 94 valence electrons. The Morgan fingerprint density at radius 2 is 1.94 bits per heavy atom. The molecule has 0 radical (unpaired) electrons. The molecule has 1 saturated heterocycles. The van der Waals surface area contributed by atoms with Gasteiger partial charge < -0.3 is 10.6 Å². The van der Waals surface area contributed by atoms with Crippen molar-refractivity contribution in [3.8, 4) is 0 Å². The fourth-order valence-electron chi connectivity index (χ4n) is 2.69. The molecule has 1 aliphatic rings. The molecule has 3 nitrogen and oxygen atoms in total. The summed E-state index contributed by atoms with van der Waals surface area (Å²) in [7, 11) is 0. The van der Waals surface area contributed by atoms with Crippen LogP contribution in [0.25, 0.3) is 0 Å². The summed E-state index contributed by atoms with van der Waals surface area (Å²) in [6.07, 6.45) is 3.77. The largest absolute Gasteiger partial charge is 0.342 e. The zero-order valence-electron chi connectivity index (χ0n) is 10.9. The van der Waals surface area contributed by atoms with Gasteiger partial charge in [0.2, 0.25) is 5.91 Å². The van der Waals surface area contributed by atoms with E-state index in [2.05, 4.69) is 20.8 Å². The highest BCUT2D eigenvalue weighted by Crippen LogP contribution is 2.21. The van der Waals surface area contributed by atoms with Gasteiger partial charge in [0.25, 0.3) is 0 Å². The van der Waals surface area contributed by atoms with Crippen LogP contribution in [0.15, 0.2) is 0 Å². The van der Waals surface area contributed by atoms with E-state index in [1.165, 1.54) is 6.42 Å². The summed E-state index contributed by atoms with van der Waals surface area (Å²) in [6.45, 7) is 8.39. The van der Waals surface area contributed by atoms with Crippen molar-refractivity contribution < 1.29 is 4.79 Å². The third kappa shape index (κ3) is 4.12. The van der Waals surface area contributed by atoms with Gasteiger partial charge in [-0.1, -0.05) is 27.2 Å². The first-order valence-corrected chi connectivity index (χ1v) is 6.56. The van der Waals surface area contributed by atoms with Crippen LogP contribution in [0.5, 0.6) is 0 Å². The molecule has 2 N–H and O–H groups in total. The van der Waals surface area contributed by atoms with Gasteiger partial charge in [-0.25, -0.2) is 0 Å². The summed E-state index contributed by atoms with van der Waals surface area (Å²) < 4.78 is 0. The molecule has 0 aromatic heterocycles. The van der Waals surface area contributed by atoms with E-state index in [1.54, 1.807) is 0 Å². The van der Waals surface area contributed by atoms with Crippen LogP contribution in [0.1, 0.15) is 46.5 Å². The molecular weight excluding hydrogens is 200 g/mol. The zero-order chi connectivity index (χ0) is 12.1. The van der Waals surface area contributed by atoms with Crippen molar-refractivity contribution >= 4 is 5.91 Å². The van der Waals surface area contributed by atoms with Gasteiger partial charge in [-0.05, 0) is 24.7 Å². The monoisotopic (exact) mass is 226 g/mol. The standard InChI is InChI=1S/C13H26N2O/c1-4-5-12(14)7-13(16)15-8-10(2)6-11(3)9-15/h10-12H,4-9,14H2,1-3H3. The molecule has 1 amide bonds. The highest BCUT2D eigenvalue weighted by atomic mass is 16.2. The molecule has 1 heterocycles. The molecule has 0 bridgehead atoms. The molecule has 3 heteroatoms. The minimum atomic E-state index is 0.0463. The highest BCUT2D eigenvalue weighted by Gasteiger charge is 2.25. The second-order valence-electron chi connectivity index (χ2n) is 5.50. The van der Waals surface area contributed by atoms with Gasteiger partial charge in [-0.15, -0.1) is 0 Å². The van der Waals surface area contributed by atoms with Crippen LogP contribution in [0.4, 0.5) is 0 Å². The molecule has 0 aromatic rings. The van der Waals surface area contributed by atoms with Crippen LogP contribution >= 0.6 is 0 Å². The van der Waals surface area contributed by atoms with E-state index in [0.717, 1.165) is 25.9 Å². The number of nitrogens with two attached hydrogens (primary N) is 1. The van der Waals surface area contributed by atoms with Crippen molar-refractivity contribution in [2.75, 3.05) is 13.1 Å². The first kappa shape index (κ1) is 13.5. The van der Waals surface area contributed by atoms with Gasteiger partial charge in [0.15, 0.2) is 0 Å². The lowest BCUT2D eigenvalue weighted by Crippen LogP contribution is -2.44. The normalized spacial score (nSPS) is 27.9. The van der Waals surface area contributed by atoms with Gasteiger partial charge in [0, 0.05) is 25.6 Å². The summed E-state index contributed by atoms with van der Waals surface area (Å²) in [5.74, 6) is 1.52. The van der Waals surface area contributed by atoms with Crippen molar-refractivity contribution in [3.63, 3.8) is 0 Å². The molecule has 3 atom stereocenters. The Morgan fingerprint density at radius 1 is 1.38 bits per heavy atom. The Morgan fingerprint density at radius 3 is 2.44 bits per heavy atom. The minimum Gasteiger partial charge on any atom is -0.342 e. The number of rotatable bonds is 4. The van der Waals surface area contributed by atoms with E-state index < -0.39 is 0 Å². The Labute approximate surface area is 99.4 Å². The second-order valence-corrected chi connectivity index (χ2v) is 5.50. The Kier molecular flexibility index (Phi) is 5.26. The molecule has 0 spiro atoms. The average molecular weight is 226 g/mol. The van der Waals surface area contributed by atoms with Gasteiger partial charge in [-0.2, -0.15) is 0 Å². The second kappa shape index (κ2) is 6.24. The number of piperidine rings is 1. The van der Waals surface area contributed by atoms with Gasteiger partial charge in [0.1, 0.15) is 0 Å². The molecule has 1 rings (SSSR count). The quantitative estimate of drug-likeness (QED) is 0.797. The molecular formula is C13H26N2O. The highest BCUT2D eigenvalue weighted by molar-refractivity contribution is 5.76. The number of likely N-dealkylation sites (tertiary alicyclic amines) is 1. The summed E-state index contributed by atoms with van der Waals surface area (Å²) in [5.41, 5.74) is 5.91. The number of carbonyl (C=O) groups excluding carboxylic acids is 1. The van der Waals surface area contributed by atoms with Crippen LogP contribution < -0.4 is 5.73 Å². The fourth-order valence-corrected chi connectivity index (χ4v) is 2.69. The van der Waals surface area contributed by atoms with Crippen molar-refractivity contribution in [2.24, 2.45) is 17.6 Å². The predicted octanol–water partition coefficient (Wildman–Crippen LogP) is 2.01. The smallest absolute Gasteiger partial charge is 0.224 e. The fraction of sp³-hybridized carbons (Fsp3) is 0.923. The maximum absolute atomic E-state index is 12.0. The lowest BCUT2D eigenvalue weighted by atomic mass is 9.91. The van der Waals surface area contributed by atoms with E-state index >= 15 is 0 Å².